The Morgan fingerprint density at radius 3 is 2.48 bits per heavy atom. The minimum absolute atomic E-state index is 0.123. The minimum atomic E-state index is -0.465. The molecule has 0 fully saturated rings. The van der Waals surface area contributed by atoms with Crippen molar-refractivity contribution in [1.82, 2.24) is 14.9 Å². The minimum Gasteiger partial charge on any atom is -0.497 e. The van der Waals surface area contributed by atoms with E-state index in [4.69, 9.17) is 9.47 Å². The summed E-state index contributed by atoms with van der Waals surface area (Å²) in [5, 5.41) is 3.21. The first-order valence-electron chi connectivity index (χ1n) is 10.8. The van der Waals surface area contributed by atoms with E-state index < -0.39 is 6.04 Å². The topological polar surface area (TPSA) is 65.4 Å². The van der Waals surface area contributed by atoms with Crippen LogP contribution in [-0.4, -0.2) is 29.7 Å². The van der Waals surface area contributed by atoms with Crippen LogP contribution >= 0.6 is 11.3 Å². The molecule has 0 saturated heterocycles. The van der Waals surface area contributed by atoms with Crippen LogP contribution in [0.1, 0.15) is 38.2 Å². The number of amides is 1. The predicted molar refractivity (Wildman–Crippen MR) is 129 cm³/mol. The van der Waals surface area contributed by atoms with Crippen LogP contribution in [0.3, 0.4) is 0 Å². The number of benzene rings is 2. The highest BCUT2D eigenvalue weighted by Gasteiger charge is 2.26. The lowest BCUT2D eigenvalue weighted by molar-refractivity contribution is 0.0945. The van der Waals surface area contributed by atoms with Crippen LogP contribution in [0.5, 0.6) is 11.5 Å². The van der Waals surface area contributed by atoms with Gasteiger partial charge in [0.05, 0.1) is 19.1 Å². The van der Waals surface area contributed by atoms with E-state index in [1.54, 1.807) is 31.8 Å². The quantitative estimate of drug-likeness (QED) is 0.451. The Morgan fingerprint density at radius 1 is 1.06 bits per heavy atom. The number of fused-ring (bicyclic) bond motifs is 3. The van der Waals surface area contributed by atoms with Crippen molar-refractivity contribution in [3.63, 3.8) is 0 Å². The van der Waals surface area contributed by atoms with E-state index in [1.165, 1.54) is 21.6 Å². The molecule has 2 aromatic carbocycles. The summed E-state index contributed by atoms with van der Waals surface area (Å²) in [7, 11) is 5.14. The van der Waals surface area contributed by atoms with E-state index >= 15 is 0 Å². The second-order valence-electron chi connectivity index (χ2n) is 8.07. The van der Waals surface area contributed by atoms with Gasteiger partial charge in [0.1, 0.15) is 23.4 Å². The fourth-order valence-electron chi connectivity index (χ4n) is 4.33. The molecule has 0 spiro atoms. The number of hydrogen-bond donors (Lipinski definition) is 1. The van der Waals surface area contributed by atoms with Crippen LogP contribution in [0.15, 0.2) is 60.9 Å². The van der Waals surface area contributed by atoms with Gasteiger partial charge in [0, 0.05) is 30.4 Å². The highest BCUT2D eigenvalue weighted by molar-refractivity contribution is 7.17. The number of aromatic nitrogens is 2. The zero-order valence-corrected chi connectivity index (χ0v) is 19.6. The van der Waals surface area contributed by atoms with E-state index in [2.05, 4.69) is 34.6 Å². The summed E-state index contributed by atoms with van der Waals surface area (Å²) in [6.45, 7) is 0. The van der Waals surface area contributed by atoms with Crippen molar-refractivity contribution in [2.45, 2.75) is 18.9 Å². The maximum absolute atomic E-state index is 13.5. The highest BCUT2D eigenvalue weighted by Crippen LogP contribution is 2.40. The molecule has 4 aromatic rings. The average Bonchev–Trinajstić information content (AvgIpc) is 3.48. The molecule has 1 aliphatic carbocycles. The number of nitrogens with one attached hydrogen (secondary N) is 1. The van der Waals surface area contributed by atoms with Gasteiger partial charge in [-0.3, -0.25) is 4.79 Å². The summed E-state index contributed by atoms with van der Waals surface area (Å²) >= 11 is 1.55. The molecule has 0 radical (unpaired) electrons. The van der Waals surface area contributed by atoms with Crippen LogP contribution in [0.2, 0.25) is 0 Å². The van der Waals surface area contributed by atoms with E-state index in [0.29, 0.717) is 16.4 Å². The van der Waals surface area contributed by atoms with Gasteiger partial charge < -0.3 is 19.4 Å². The molecule has 1 atom stereocenters. The summed E-state index contributed by atoms with van der Waals surface area (Å²) in [6, 6.07) is 15.6. The third-order valence-corrected chi connectivity index (χ3v) is 7.27. The normalized spacial score (nSPS) is 13.1. The highest BCUT2D eigenvalue weighted by atomic mass is 32.1. The molecule has 1 aliphatic rings. The Bertz CT molecular complexity index is 1300. The molecule has 1 N–H and O–H groups in total. The van der Waals surface area contributed by atoms with Gasteiger partial charge >= 0.3 is 0 Å². The number of thiophene rings is 1. The van der Waals surface area contributed by atoms with Gasteiger partial charge in [-0.1, -0.05) is 24.3 Å². The van der Waals surface area contributed by atoms with Crippen molar-refractivity contribution in [3.8, 4) is 21.9 Å². The first kappa shape index (κ1) is 21.3. The summed E-state index contributed by atoms with van der Waals surface area (Å²) in [6.07, 6.45) is 5.55. The summed E-state index contributed by atoms with van der Waals surface area (Å²) in [5.41, 5.74) is 4.65. The molecule has 1 unspecified atom stereocenters. The van der Waals surface area contributed by atoms with Gasteiger partial charge in [-0.15, -0.1) is 11.3 Å². The van der Waals surface area contributed by atoms with Crippen LogP contribution in [0, 0.1) is 0 Å². The molecule has 7 heteroatoms. The first-order valence-corrected chi connectivity index (χ1v) is 11.6. The Hall–Kier alpha value is -3.58. The van der Waals surface area contributed by atoms with Crippen molar-refractivity contribution in [3.05, 3.63) is 88.3 Å². The Kier molecular flexibility index (Phi) is 5.64. The van der Waals surface area contributed by atoms with Gasteiger partial charge in [0.25, 0.3) is 5.91 Å². The fourth-order valence-corrected chi connectivity index (χ4v) is 5.51. The molecule has 33 heavy (non-hydrogen) atoms. The second-order valence-corrected chi connectivity index (χ2v) is 9.12. The van der Waals surface area contributed by atoms with Gasteiger partial charge in [0.2, 0.25) is 0 Å². The van der Waals surface area contributed by atoms with Crippen molar-refractivity contribution in [2.75, 3.05) is 14.2 Å². The Labute approximate surface area is 196 Å². The molecule has 2 aromatic heterocycles. The van der Waals surface area contributed by atoms with E-state index in [0.717, 1.165) is 24.2 Å². The van der Waals surface area contributed by atoms with Gasteiger partial charge in [-0.2, -0.15) is 0 Å². The Balaban J connectivity index is 1.51. The number of ether oxygens (including phenoxy) is 2. The molecule has 0 aliphatic heterocycles. The van der Waals surface area contributed by atoms with Gasteiger partial charge in [-0.25, -0.2) is 4.98 Å². The van der Waals surface area contributed by atoms with Crippen LogP contribution in [0.4, 0.5) is 0 Å². The van der Waals surface area contributed by atoms with Crippen molar-refractivity contribution in [1.29, 1.82) is 0 Å². The molecule has 5 rings (SSSR count). The number of rotatable bonds is 6. The molecule has 0 saturated carbocycles. The summed E-state index contributed by atoms with van der Waals surface area (Å²) in [5.74, 6) is 1.91. The standard InChI is InChI=1S/C26H25N3O3S/c1-29-11-10-27-25(29)23(18-12-19(31-2)15-20(13-18)32-3)28-26(30)22-14-17-9-8-16-6-4-5-7-21(16)24(17)33-22/h4-7,10-15,23H,8-9H2,1-3H3,(H,28,30). The third kappa shape index (κ3) is 4.00. The number of hydrogen-bond acceptors (Lipinski definition) is 5. The smallest absolute Gasteiger partial charge is 0.262 e. The number of methoxy groups -OCH3 is 2. The van der Waals surface area contributed by atoms with Gasteiger partial charge in [-0.05, 0) is 53.3 Å². The molecule has 2 heterocycles. The lowest BCUT2D eigenvalue weighted by atomic mass is 9.91. The van der Waals surface area contributed by atoms with Crippen molar-refractivity contribution >= 4 is 17.2 Å². The lowest BCUT2D eigenvalue weighted by Gasteiger charge is -2.20. The molecular weight excluding hydrogens is 434 g/mol. The third-order valence-electron chi connectivity index (χ3n) is 6.06. The Morgan fingerprint density at radius 2 is 1.79 bits per heavy atom. The van der Waals surface area contributed by atoms with Crippen molar-refractivity contribution in [2.24, 2.45) is 7.05 Å². The van der Waals surface area contributed by atoms with Crippen LogP contribution in [-0.2, 0) is 19.9 Å². The van der Waals surface area contributed by atoms with E-state index in [1.807, 2.05) is 42.1 Å². The fraction of sp³-hybridized carbons (Fsp3) is 0.231. The molecule has 6 nitrogen and oxygen atoms in total. The number of imidazole rings is 1. The predicted octanol–water partition coefficient (Wildman–Crippen LogP) is 4.78. The molecule has 168 valence electrons. The zero-order chi connectivity index (χ0) is 22.9. The SMILES string of the molecule is COc1cc(OC)cc(C(NC(=O)c2cc3c(s2)-c2ccccc2CC3)c2nccn2C)c1. The van der Waals surface area contributed by atoms with Gasteiger partial charge in [0.15, 0.2) is 0 Å². The van der Waals surface area contributed by atoms with E-state index in [9.17, 15) is 4.79 Å². The molecular formula is C26H25N3O3S. The summed E-state index contributed by atoms with van der Waals surface area (Å²) in [4.78, 5) is 19.9. The zero-order valence-electron chi connectivity index (χ0n) is 18.8. The lowest BCUT2D eigenvalue weighted by Crippen LogP contribution is -2.30. The molecule has 1 amide bonds. The van der Waals surface area contributed by atoms with Crippen LogP contribution in [0.25, 0.3) is 10.4 Å². The number of carbonyl (C=O) groups excluding carboxylic acids is 1. The first-order chi connectivity index (χ1) is 16.1. The maximum Gasteiger partial charge on any atom is 0.262 e. The molecule has 0 bridgehead atoms. The van der Waals surface area contributed by atoms with E-state index in [-0.39, 0.29) is 5.91 Å². The maximum atomic E-state index is 13.5. The van der Waals surface area contributed by atoms with Crippen LogP contribution < -0.4 is 14.8 Å². The number of aryl methyl sites for hydroxylation is 3. The number of carbonyl (C=O) groups is 1. The number of nitrogens with zero attached hydrogens (tertiary/aromatic N) is 2. The summed E-state index contributed by atoms with van der Waals surface area (Å²) < 4.78 is 12.8. The average molecular weight is 460 g/mol. The largest absolute Gasteiger partial charge is 0.497 e. The second kappa shape index (κ2) is 8.75. The van der Waals surface area contributed by atoms with Crippen molar-refractivity contribution < 1.29 is 14.3 Å². The monoisotopic (exact) mass is 459 g/mol.